The summed E-state index contributed by atoms with van der Waals surface area (Å²) in [6.45, 7) is 6.15. The number of carbonyl (C=O) groups is 1. The fourth-order valence-electron chi connectivity index (χ4n) is 3.93. The number of nitrogens with zero attached hydrogens (tertiary/aromatic N) is 1. The summed E-state index contributed by atoms with van der Waals surface area (Å²) in [6, 6.07) is 0. The molecule has 1 fully saturated rings. The molecule has 0 bridgehead atoms. The Labute approximate surface area is 154 Å². The lowest BCUT2D eigenvalue weighted by atomic mass is 9.89. The molecule has 25 heavy (non-hydrogen) atoms. The highest BCUT2D eigenvalue weighted by Gasteiger charge is 2.49. The molecule has 0 aliphatic carbocycles. The van der Waals surface area contributed by atoms with Gasteiger partial charge in [0.05, 0.1) is 5.54 Å². The number of hydrogen-bond donors (Lipinski definition) is 1. The second kappa shape index (κ2) is 11.0. The molecular formula is C21H38NO3. The third kappa shape index (κ3) is 7.49. The normalized spacial score (nSPS) is 23.5. The van der Waals surface area contributed by atoms with Crippen molar-refractivity contribution >= 4 is 5.97 Å². The standard InChI is InChI=1S/C21H38NO3/c1-4-5-6-7-8-9-10-11-12-13-15-21(16-14-19(23)24)18-17-20(2,3)22(21)25/h14,16H,4-13,15,17-18H2,1-3H3,(H,23,24)/b16-14+. The van der Waals surface area contributed by atoms with Crippen molar-refractivity contribution < 1.29 is 15.1 Å². The molecule has 1 atom stereocenters. The zero-order valence-corrected chi connectivity index (χ0v) is 16.6. The lowest BCUT2D eigenvalue weighted by Crippen LogP contribution is -2.47. The molecule has 1 rings (SSSR count). The van der Waals surface area contributed by atoms with Gasteiger partial charge in [-0.25, -0.2) is 4.79 Å². The topological polar surface area (TPSA) is 60.4 Å². The summed E-state index contributed by atoms with van der Waals surface area (Å²) in [5.41, 5.74) is -1.02. The fourth-order valence-corrected chi connectivity index (χ4v) is 3.93. The molecule has 0 aromatic rings. The largest absolute Gasteiger partial charge is 0.478 e. The van der Waals surface area contributed by atoms with Crippen LogP contribution in [0, 0.1) is 0 Å². The summed E-state index contributed by atoms with van der Waals surface area (Å²) in [4.78, 5) is 10.9. The molecule has 1 aliphatic heterocycles. The van der Waals surface area contributed by atoms with Crippen LogP contribution in [0.25, 0.3) is 0 Å². The molecule has 1 saturated heterocycles. The highest BCUT2D eigenvalue weighted by Crippen LogP contribution is 2.43. The van der Waals surface area contributed by atoms with Gasteiger partial charge < -0.3 is 5.11 Å². The summed E-state index contributed by atoms with van der Waals surface area (Å²) in [5, 5.41) is 22.8. The number of unbranched alkanes of at least 4 members (excludes halogenated alkanes) is 9. The highest BCUT2D eigenvalue weighted by molar-refractivity contribution is 5.80. The van der Waals surface area contributed by atoms with Gasteiger partial charge in [-0.15, -0.1) is 10.3 Å². The summed E-state index contributed by atoms with van der Waals surface area (Å²) in [7, 11) is 0. The van der Waals surface area contributed by atoms with Crippen LogP contribution in [0.5, 0.6) is 0 Å². The number of carboxylic acid groups (broad SMARTS) is 1. The van der Waals surface area contributed by atoms with Crippen LogP contribution >= 0.6 is 0 Å². The molecular weight excluding hydrogens is 314 g/mol. The van der Waals surface area contributed by atoms with E-state index >= 15 is 0 Å². The number of aliphatic carboxylic acids is 1. The van der Waals surface area contributed by atoms with E-state index in [-0.39, 0.29) is 0 Å². The molecule has 1 unspecified atom stereocenters. The molecule has 145 valence electrons. The van der Waals surface area contributed by atoms with Crippen LogP contribution in [0.15, 0.2) is 12.2 Å². The van der Waals surface area contributed by atoms with Gasteiger partial charge in [0.2, 0.25) is 0 Å². The van der Waals surface area contributed by atoms with Gasteiger partial charge >= 0.3 is 5.97 Å². The zero-order chi connectivity index (χ0) is 18.8. The average Bonchev–Trinajstić information content (AvgIpc) is 2.79. The van der Waals surface area contributed by atoms with E-state index in [1.807, 2.05) is 13.8 Å². The van der Waals surface area contributed by atoms with Crippen LogP contribution in [0.4, 0.5) is 0 Å². The van der Waals surface area contributed by atoms with Crippen LogP contribution in [-0.2, 0) is 10.0 Å². The first-order valence-corrected chi connectivity index (χ1v) is 10.2. The van der Waals surface area contributed by atoms with E-state index in [0.29, 0.717) is 0 Å². The molecule has 4 heteroatoms. The maximum atomic E-state index is 12.7. The van der Waals surface area contributed by atoms with Crippen molar-refractivity contribution in [2.45, 2.75) is 115 Å². The Hall–Kier alpha value is -0.870. The van der Waals surface area contributed by atoms with E-state index in [1.54, 1.807) is 6.08 Å². The van der Waals surface area contributed by atoms with E-state index in [0.717, 1.165) is 43.2 Å². The van der Waals surface area contributed by atoms with Crippen LogP contribution in [-0.4, -0.2) is 27.2 Å². The Morgan fingerprint density at radius 3 is 1.92 bits per heavy atom. The highest BCUT2D eigenvalue weighted by atomic mass is 16.5. The van der Waals surface area contributed by atoms with Gasteiger partial charge in [-0.1, -0.05) is 77.2 Å². The molecule has 4 nitrogen and oxygen atoms in total. The van der Waals surface area contributed by atoms with Crippen LogP contribution in [0.1, 0.15) is 104 Å². The van der Waals surface area contributed by atoms with Crippen molar-refractivity contribution in [3.63, 3.8) is 0 Å². The Kier molecular flexibility index (Phi) is 9.73. The number of carboxylic acids is 1. The summed E-state index contributed by atoms with van der Waals surface area (Å²) < 4.78 is 0. The second-order valence-corrected chi connectivity index (χ2v) is 8.31. The maximum absolute atomic E-state index is 12.7. The van der Waals surface area contributed by atoms with E-state index in [2.05, 4.69) is 6.92 Å². The summed E-state index contributed by atoms with van der Waals surface area (Å²) in [6.07, 6.45) is 17.8. The number of rotatable bonds is 13. The average molecular weight is 353 g/mol. The van der Waals surface area contributed by atoms with Gasteiger partial charge in [-0.05, 0) is 33.1 Å². The van der Waals surface area contributed by atoms with Gasteiger partial charge in [0.25, 0.3) is 0 Å². The minimum Gasteiger partial charge on any atom is -0.478 e. The monoisotopic (exact) mass is 352 g/mol. The first-order chi connectivity index (χ1) is 11.8. The van der Waals surface area contributed by atoms with Crippen LogP contribution in [0.3, 0.4) is 0 Å². The van der Waals surface area contributed by atoms with Crippen molar-refractivity contribution in [2.75, 3.05) is 0 Å². The molecule has 1 heterocycles. The van der Waals surface area contributed by atoms with E-state index in [4.69, 9.17) is 5.11 Å². The predicted molar refractivity (Wildman–Crippen MR) is 102 cm³/mol. The van der Waals surface area contributed by atoms with Crippen molar-refractivity contribution in [2.24, 2.45) is 0 Å². The third-order valence-corrected chi connectivity index (χ3v) is 5.62. The third-order valence-electron chi connectivity index (χ3n) is 5.62. The van der Waals surface area contributed by atoms with E-state index in [1.165, 1.54) is 51.4 Å². The predicted octanol–water partition coefficient (Wildman–Crippen LogP) is 5.90. The first kappa shape index (κ1) is 22.2. The van der Waals surface area contributed by atoms with Gasteiger partial charge in [-0.2, -0.15) is 0 Å². The SMILES string of the molecule is CCCCCCCCCCCCC1(/C=C/C(=O)O)CCC(C)(C)N1[O]. The van der Waals surface area contributed by atoms with Gasteiger partial charge in [0, 0.05) is 11.6 Å². The maximum Gasteiger partial charge on any atom is 0.328 e. The van der Waals surface area contributed by atoms with Gasteiger partial charge in [-0.3, -0.25) is 0 Å². The summed E-state index contributed by atoms with van der Waals surface area (Å²) >= 11 is 0. The molecule has 1 aliphatic rings. The second-order valence-electron chi connectivity index (χ2n) is 8.31. The Morgan fingerprint density at radius 1 is 0.960 bits per heavy atom. The van der Waals surface area contributed by atoms with Crippen molar-refractivity contribution in [3.05, 3.63) is 12.2 Å². The molecule has 0 spiro atoms. The van der Waals surface area contributed by atoms with E-state index in [9.17, 15) is 10.0 Å². The first-order valence-electron chi connectivity index (χ1n) is 10.2. The van der Waals surface area contributed by atoms with Crippen molar-refractivity contribution in [3.8, 4) is 0 Å². The lowest BCUT2D eigenvalue weighted by molar-refractivity contribution is -0.242. The van der Waals surface area contributed by atoms with Gasteiger partial charge in [0.15, 0.2) is 0 Å². The lowest BCUT2D eigenvalue weighted by Gasteiger charge is -2.35. The summed E-state index contributed by atoms with van der Waals surface area (Å²) in [5.74, 6) is -0.972. The smallest absolute Gasteiger partial charge is 0.328 e. The fraction of sp³-hybridized carbons (Fsp3) is 0.857. The van der Waals surface area contributed by atoms with E-state index < -0.39 is 17.0 Å². The minimum atomic E-state index is -0.972. The van der Waals surface area contributed by atoms with Crippen molar-refractivity contribution in [1.29, 1.82) is 0 Å². The molecule has 1 N–H and O–H groups in total. The Morgan fingerprint density at radius 2 is 1.48 bits per heavy atom. The van der Waals surface area contributed by atoms with Gasteiger partial charge in [0.1, 0.15) is 0 Å². The number of hydroxylamine groups is 2. The molecule has 0 aromatic heterocycles. The Balaban J connectivity index is 2.32. The zero-order valence-electron chi connectivity index (χ0n) is 16.6. The molecule has 1 radical (unpaired) electrons. The minimum absolute atomic E-state index is 0.401. The molecule has 0 amide bonds. The molecule has 0 saturated carbocycles. The van der Waals surface area contributed by atoms with Crippen LogP contribution in [0.2, 0.25) is 0 Å². The number of hydrogen-bond acceptors (Lipinski definition) is 2. The van der Waals surface area contributed by atoms with Crippen molar-refractivity contribution in [1.82, 2.24) is 5.06 Å². The molecule has 0 aromatic carbocycles. The Bertz CT molecular complexity index is 419. The quantitative estimate of drug-likeness (QED) is 0.332. The van der Waals surface area contributed by atoms with Crippen LogP contribution < -0.4 is 0 Å².